The molecule has 0 saturated heterocycles. The number of nitrogens with one attached hydrogen (secondary N) is 1. The largest absolute Gasteiger partial charge is 0.391 e. The summed E-state index contributed by atoms with van der Waals surface area (Å²) in [5.74, 6) is 0. The van der Waals surface area contributed by atoms with Crippen molar-refractivity contribution >= 4 is 5.69 Å². The van der Waals surface area contributed by atoms with Gasteiger partial charge in [0.2, 0.25) is 0 Å². The Kier molecular flexibility index (Phi) is 4.93. The van der Waals surface area contributed by atoms with Crippen LogP contribution in [0.15, 0.2) is 55.0 Å². The molecule has 2 N–H and O–H groups in total. The number of pyridine rings is 1. The highest BCUT2D eigenvalue weighted by atomic mass is 16.3. The van der Waals surface area contributed by atoms with Crippen LogP contribution in [0.5, 0.6) is 0 Å². The van der Waals surface area contributed by atoms with E-state index in [0.717, 1.165) is 49.2 Å². The molecule has 1 aromatic carbocycles. The standard InChI is InChI=1S/C20H23N5O/c26-20-7-2-1-6-19(20)25-14-18(23-24-25)16-4-3-5-17(12-16)22-13-15-8-10-21-11-9-15/h3-5,8-12,14,19-20,22,26H,1-2,6-7,13H2. The summed E-state index contributed by atoms with van der Waals surface area (Å²) >= 11 is 0. The van der Waals surface area contributed by atoms with Crippen molar-refractivity contribution in [2.24, 2.45) is 0 Å². The second-order valence-corrected chi connectivity index (χ2v) is 6.79. The molecule has 4 rings (SSSR count). The van der Waals surface area contributed by atoms with Gasteiger partial charge in [0.05, 0.1) is 18.3 Å². The molecule has 2 heterocycles. The summed E-state index contributed by atoms with van der Waals surface area (Å²) in [6.45, 7) is 0.743. The summed E-state index contributed by atoms with van der Waals surface area (Å²) in [4.78, 5) is 4.04. The molecular weight excluding hydrogens is 326 g/mol. The minimum absolute atomic E-state index is 0.0398. The predicted octanol–water partition coefficient (Wildman–Crippen LogP) is 3.43. The zero-order valence-corrected chi connectivity index (χ0v) is 14.6. The maximum atomic E-state index is 10.2. The molecule has 1 aliphatic rings. The number of anilines is 1. The van der Waals surface area contributed by atoms with E-state index in [2.05, 4.69) is 26.7 Å². The third-order valence-electron chi connectivity index (χ3n) is 4.95. The molecule has 0 aliphatic heterocycles. The Labute approximate surface area is 152 Å². The Balaban J connectivity index is 1.48. The molecule has 0 bridgehead atoms. The molecule has 2 atom stereocenters. The lowest BCUT2D eigenvalue weighted by molar-refractivity contribution is 0.0685. The first kappa shape index (κ1) is 16.7. The SMILES string of the molecule is OC1CCCCC1n1cc(-c2cccc(NCc3ccncc3)c2)nn1. The maximum absolute atomic E-state index is 10.2. The van der Waals surface area contributed by atoms with Gasteiger partial charge in [0.25, 0.3) is 0 Å². The van der Waals surface area contributed by atoms with Gasteiger partial charge in [-0.1, -0.05) is 30.2 Å². The van der Waals surface area contributed by atoms with Crippen LogP contribution < -0.4 is 5.32 Å². The van der Waals surface area contributed by atoms with Crippen LogP contribution in [0.3, 0.4) is 0 Å². The fourth-order valence-electron chi connectivity index (χ4n) is 3.46. The van der Waals surface area contributed by atoms with Gasteiger partial charge in [-0.05, 0) is 42.7 Å². The van der Waals surface area contributed by atoms with E-state index in [-0.39, 0.29) is 12.1 Å². The first-order valence-electron chi connectivity index (χ1n) is 9.13. The summed E-state index contributed by atoms with van der Waals surface area (Å²) in [5, 5.41) is 22.2. The van der Waals surface area contributed by atoms with Gasteiger partial charge in [-0.2, -0.15) is 0 Å². The highest BCUT2D eigenvalue weighted by molar-refractivity contribution is 5.64. The fourth-order valence-corrected chi connectivity index (χ4v) is 3.46. The fraction of sp³-hybridized carbons (Fsp3) is 0.350. The lowest BCUT2D eigenvalue weighted by Gasteiger charge is -2.27. The van der Waals surface area contributed by atoms with Crippen molar-refractivity contribution in [3.05, 3.63) is 60.6 Å². The molecule has 0 radical (unpaired) electrons. The molecule has 134 valence electrons. The van der Waals surface area contributed by atoms with Gasteiger partial charge in [0, 0.05) is 30.2 Å². The van der Waals surface area contributed by atoms with Crippen molar-refractivity contribution in [1.82, 2.24) is 20.0 Å². The molecular formula is C20H23N5O. The van der Waals surface area contributed by atoms with Crippen LogP contribution in [0.25, 0.3) is 11.3 Å². The van der Waals surface area contributed by atoms with E-state index in [4.69, 9.17) is 0 Å². The van der Waals surface area contributed by atoms with Gasteiger partial charge in [0.1, 0.15) is 5.69 Å². The lowest BCUT2D eigenvalue weighted by atomic mass is 9.93. The summed E-state index contributed by atoms with van der Waals surface area (Å²) in [7, 11) is 0. The third-order valence-corrected chi connectivity index (χ3v) is 4.95. The molecule has 0 amide bonds. The van der Waals surface area contributed by atoms with E-state index in [1.807, 2.05) is 41.2 Å². The highest BCUT2D eigenvalue weighted by Gasteiger charge is 2.25. The molecule has 1 fully saturated rings. The van der Waals surface area contributed by atoms with Gasteiger partial charge in [0.15, 0.2) is 0 Å². The van der Waals surface area contributed by atoms with E-state index in [9.17, 15) is 5.11 Å². The van der Waals surface area contributed by atoms with Crippen molar-refractivity contribution < 1.29 is 5.11 Å². The average molecular weight is 349 g/mol. The Hall–Kier alpha value is -2.73. The third kappa shape index (κ3) is 3.75. The van der Waals surface area contributed by atoms with Crippen LogP contribution in [0.2, 0.25) is 0 Å². The normalized spacial score (nSPS) is 20.0. The minimum atomic E-state index is -0.327. The molecule has 6 nitrogen and oxygen atoms in total. The van der Waals surface area contributed by atoms with E-state index in [1.165, 1.54) is 5.56 Å². The Morgan fingerprint density at radius 2 is 1.96 bits per heavy atom. The van der Waals surface area contributed by atoms with Crippen molar-refractivity contribution in [1.29, 1.82) is 0 Å². The number of hydrogen-bond acceptors (Lipinski definition) is 5. The highest BCUT2D eigenvalue weighted by Crippen LogP contribution is 2.29. The molecule has 0 spiro atoms. The molecule has 2 aromatic heterocycles. The molecule has 2 unspecified atom stereocenters. The number of aliphatic hydroxyl groups is 1. The molecule has 1 aliphatic carbocycles. The quantitative estimate of drug-likeness (QED) is 0.738. The zero-order valence-electron chi connectivity index (χ0n) is 14.6. The van der Waals surface area contributed by atoms with Gasteiger partial charge in [-0.15, -0.1) is 5.10 Å². The smallest absolute Gasteiger partial charge is 0.113 e. The second kappa shape index (κ2) is 7.66. The van der Waals surface area contributed by atoms with Gasteiger partial charge < -0.3 is 10.4 Å². The summed E-state index contributed by atoms with van der Waals surface area (Å²) in [5.41, 5.74) is 4.06. The molecule has 6 heteroatoms. The van der Waals surface area contributed by atoms with E-state index < -0.39 is 0 Å². The predicted molar refractivity (Wildman–Crippen MR) is 101 cm³/mol. The number of aliphatic hydroxyl groups excluding tert-OH is 1. The van der Waals surface area contributed by atoms with Crippen LogP contribution in [0.4, 0.5) is 5.69 Å². The van der Waals surface area contributed by atoms with E-state index in [1.54, 1.807) is 12.4 Å². The number of rotatable bonds is 5. The molecule has 1 saturated carbocycles. The van der Waals surface area contributed by atoms with Crippen molar-refractivity contribution in [2.75, 3.05) is 5.32 Å². The van der Waals surface area contributed by atoms with Crippen LogP contribution >= 0.6 is 0 Å². The number of benzene rings is 1. The van der Waals surface area contributed by atoms with Gasteiger partial charge >= 0.3 is 0 Å². The first-order valence-corrected chi connectivity index (χ1v) is 9.13. The zero-order chi connectivity index (χ0) is 17.8. The number of hydrogen-bond donors (Lipinski definition) is 2. The van der Waals surface area contributed by atoms with E-state index in [0.29, 0.717) is 0 Å². The Morgan fingerprint density at radius 1 is 1.12 bits per heavy atom. The van der Waals surface area contributed by atoms with Gasteiger partial charge in [-0.3, -0.25) is 4.98 Å². The summed E-state index contributed by atoms with van der Waals surface area (Å²) in [6, 6.07) is 12.2. The lowest BCUT2D eigenvalue weighted by Crippen LogP contribution is -2.27. The second-order valence-electron chi connectivity index (χ2n) is 6.79. The topological polar surface area (TPSA) is 75.9 Å². The van der Waals surface area contributed by atoms with E-state index >= 15 is 0 Å². The summed E-state index contributed by atoms with van der Waals surface area (Å²) < 4.78 is 1.83. The number of nitrogens with zero attached hydrogens (tertiary/aromatic N) is 4. The average Bonchev–Trinajstić information content (AvgIpc) is 3.18. The summed E-state index contributed by atoms with van der Waals surface area (Å²) in [6.07, 6.45) is 9.23. The minimum Gasteiger partial charge on any atom is -0.391 e. The van der Waals surface area contributed by atoms with Crippen LogP contribution in [0, 0.1) is 0 Å². The molecule has 26 heavy (non-hydrogen) atoms. The van der Waals surface area contributed by atoms with Crippen LogP contribution in [-0.4, -0.2) is 31.2 Å². The van der Waals surface area contributed by atoms with Gasteiger partial charge in [-0.25, -0.2) is 4.68 Å². The Bertz CT molecular complexity index is 848. The van der Waals surface area contributed by atoms with Crippen molar-refractivity contribution in [2.45, 2.75) is 44.4 Å². The molecule has 3 aromatic rings. The monoisotopic (exact) mass is 349 g/mol. The Morgan fingerprint density at radius 3 is 2.81 bits per heavy atom. The number of aromatic nitrogens is 4. The van der Waals surface area contributed by atoms with Crippen LogP contribution in [-0.2, 0) is 6.54 Å². The van der Waals surface area contributed by atoms with Crippen molar-refractivity contribution in [3.8, 4) is 11.3 Å². The van der Waals surface area contributed by atoms with Crippen molar-refractivity contribution in [3.63, 3.8) is 0 Å². The van der Waals surface area contributed by atoms with Crippen LogP contribution in [0.1, 0.15) is 37.3 Å². The first-order chi connectivity index (χ1) is 12.8. The maximum Gasteiger partial charge on any atom is 0.113 e.